The van der Waals surface area contributed by atoms with Gasteiger partial charge in [-0.1, -0.05) is 0 Å². The molecule has 0 amide bonds. The fourth-order valence-corrected chi connectivity index (χ4v) is 1.79. The molecule has 104 valence electrons. The van der Waals surface area contributed by atoms with Crippen LogP contribution in [0.2, 0.25) is 0 Å². The van der Waals surface area contributed by atoms with Crippen molar-refractivity contribution in [2.24, 2.45) is 0 Å². The Morgan fingerprint density at radius 3 is 2.80 bits per heavy atom. The number of pyridine rings is 1. The number of ether oxygens (including phenoxy) is 1. The summed E-state index contributed by atoms with van der Waals surface area (Å²) in [6.07, 6.45) is 2.32. The minimum Gasteiger partial charge on any atom is -0.494 e. The standard InChI is InChI=1S/C13H12FN3O3/c1-2-20-8-3-4-11(14)9(5-8)10-6-16-7-12(13(10)15)17(18)19/h3-7H,2H2,1H3,(H2,15,16). The van der Waals surface area contributed by atoms with E-state index in [1.165, 1.54) is 24.4 Å². The first-order chi connectivity index (χ1) is 9.54. The summed E-state index contributed by atoms with van der Waals surface area (Å²) >= 11 is 0. The number of hydrogen-bond donors (Lipinski definition) is 1. The van der Waals surface area contributed by atoms with Gasteiger partial charge in [0.05, 0.1) is 11.5 Å². The van der Waals surface area contributed by atoms with Crippen LogP contribution in [0.5, 0.6) is 5.75 Å². The Kier molecular flexibility index (Phi) is 3.79. The van der Waals surface area contributed by atoms with Crippen LogP contribution in [-0.4, -0.2) is 16.5 Å². The van der Waals surface area contributed by atoms with Gasteiger partial charge in [0, 0.05) is 17.3 Å². The van der Waals surface area contributed by atoms with Gasteiger partial charge < -0.3 is 10.5 Å². The molecule has 0 spiro atoms. The Hall–Kier alpha value is -2.70. The average Bonchev–Trinajstić information content (AvgIpc) is 2.41. The molecule has 0 atom stereocenters. The van der Waals surface area contributed by atoms with Crippen LogP contribution in [0.15, 0.2) is 30.6 Å². The summed E-state index contributed by atoms with van der Waals surface area (Å²) in [5, 5.41) is 10.8. The van der Waals surface area contributed by atoms with Crippen molar-refractivity contribution in [3.05, 3.63) is 46.5 Å². The Bertz CT molecular complexity index is 661. The fourth-order valence-electron chi connectivity index (χ4n) is 1.79. The van der Waals surface area contributed by atoms with Crippen LogP contribution >= 0.6 is 0 Å². The topological polar surface area (TPSA) is 91.3 Å². The van der Waals surface area contributed by atoms with Crippen molar-refractivity contribution in [1.82, 2.24) is 4.98 Å². The molecule has 0 aliphatic heterocycles. The highest BCUT2D eigenvalue weighted by Gasteiger charge is 2.19. The molecular weight excluding hydrogens is 265 g/mol. The molecule has 0 bridgehead atoms. The molecule has 1 aromatic carbocycles. The molecule has 2 aromatic rings. The van der Waals surface area contributed by atoms with Crippen molar-refractivity contribution in [2.45, 2.75) is 6.92 Å². The summed E-state index contributed by atoms with van der Waals surface area (Å²) in [4.78, 5) is 13.9. The van der Waals surface area contributed by atoms with Gasteiger partial charge in [-0.25, -0.2) is 4.39 Å². The number of anilines is 1. The highest BCUT2D eigenvalue weighted by molar-refractivity contribution is 5.82. The minimum atomic E-state index is -0.657. The first kappa shape index (κ1) is 13.7. The van der Waals surface area contributed by atoms with Crippen molar-refractivity contribution >= 4 is 11.4 Å². The number of benzene rings is 1. The highest BCUT2D eigenvalue weighted by Crippen LogP contribution is 2.35. The van der Waals surface area contributed by atoms with Crippen molar-refractivity contribution in [3.63, 3.8) is 0 Å². The zero-order chi connectivity index (χ0) is 14.7. The molecule has 0 saturated heterocycles. The first-order valence-electron chi connectivity index (χ1n) is 5.85. The van der Waals surface area contributed by atoms with E-state index in [1.807, 2.05) is 0 Å². The monoisotopic (exact) mass is 277 g/mol. The second kappa shape index (κ2) is 5.52. The summed E-state index contributed by atoms with van der Waals surface area (Å²) < 4.78 is 19.2. The van der Waals surface area contributed by atoms with E-state index in [4.69, 9.17) is 10.5 Å². The molecule has 0 fully saturated rings. The Morgan fingerprint density at radius 2 is 2.15 bits per heavy atom. The first-order valence-corrected chi connectivity index (χ1v) is 5.85. The molecule has 1 heterocycles. The van der Waals surface area contributed by atoms with Gasteiger partial charge in [-0.3, -0.25) is 15.1 Å². The lowest BCUT2D eigenvalue weighted by atomic mass is 10.0. The van der Waals surface area contributed by atoms with E-state index in [2.05, 4.69) is 4.98 Å². The molecule has 2 rings (SSSR count). The van der Waals surface area contributed by atoms with Gasteiger partial charge in [0.2, 0.25) is 0 Å². The average molecular weight is 277 g/mol. The van der Waals surface area contributed by atoms with Crippen molar-refractivity contribution in [1.29, 1.82) is 0 Å². The van der Waals surface area contributed by atoms with Crippen LogP contribution in [-0.2, 0) is 0 Å². The molecule has 6 nitrogen and oxygen atoms in total. The molecule has 7 heteroatoms. The number of nitrogens with zero attached hydrogens (tertiary/aromatic N) is 2. The smallest absolute Gasteiger partial charge is 0.310 e. The van der Waals surface area contributed by atoms with E-state index in [9.17, 15) is 14.5 Å². The minimum absolute atomic E-state index is 0.115. The molecule has 0 radical (unpaired) electrons. The summed E-state index contributed by atoms with van der Waals surface area (Å²) in [6, 6.07) is 4.14. The highest BCUT2D eigenvalue weighted by atomic mass is 19.1. The van der Waals surface area contributed by atoms with Gasteiger partial charge in [-0.2, -0.15) is 0 Å². The van der Waals surface area contributed by atoms with Crippen LogP contribution in [0.25, 0.3) is 11.1 Å². The van der Waals surface area contributed by atoms with Crippen LogP contribution in [0.4, 0.5) is 15.8 Å². The zero-order valence-corrected chi connectivity index (χ0v) is 10.7. The maximum absolute atomic E-state index is 13.9. The van der Waals surface area contributed by atoms with Gasteiger partial charge in [-0.15, -0.1) is 0 Å². The van der Waals surface area contributed by atoms with Crippen LogP contribution < -0.4 is 10.5 Å². The lowest BCUT2D eigenvalue weighted by Crippen LogP contribution is -2.00. The van der Waals surface area contributed by atoms with Crippen molar-refractivity contribution < 1.29 is 14.1 Å². The lowest BCUT2D eigenvalue weighted by molar-refractivity contribution is -0.384. The third kappa shape index (κ3) is 2.51. The zero-order valence-electron chi connectivity index (χ0n) is 10.7. The summed E-state index contributed by atoms with van der Waals surface area (Å²) in [5.41, 5.74) is 5.52. The molecule has 2 N–H and O–H groups in total. The quantitative estimate of drug-likeness (QED) is 0.685. The number of nitrogens with two attached hydrogens (primary N) is 1. The third-order valence-electron chi connectivity index (χ3n) is 2.70. The molecule has 0 aliphatic carbocycles. The number of hydrogen-bond acceptors (Lipinski definition) is 5. The predicted molar refractivity (Wildman–Crippen MR) is 71.9 cm³/mol. The summed E-state index contributed by atoms with van der Waals surface area (Å²) in [7, 11) is 0. The normalized spacial score (nSPS) is 10.3. The van der Waals surface area contributed by atoms with Gasteiger partial charge in [0.25, 0.3) is 0 Å². The van der Waals surface area contributed by atoms with Crippen LogP contribution in [0.3, 0.4) is 0 Å². The SMILES string of the molecule is CCOc1ccc(F)c(-c2cncc([N+](=O)[O-])c2N)c1. The van der Waals surface area contributed by atoms with Gasteiger partial charge >= 0.3 is 5.69 Å². The maximum Gasteiger partial charge on any atom is 0.310 e. The maximum atomic E-state index is 13.9. The Balaban J connectivity index is 2.59. The van der Waals surface area contributed by atoms with Gasteiger partial charge in [0.1, 0.15) is 23.5 Å². The number of nitrogen functional groups attached to an aromatic ring is 1. The number of rotatable bonds is 4. The summed E-state index contributed by atoms with van der Waals surface area (Å²) in [6.45, 7) is 2.22. The molecule has 0 aliphatic rings. The number of halogens is 1. The van der Waals surface area contributed by atoms with Gasteiger partial charge in [-0.05, 0) is 25.1 Å². The molecular formula is C13H12FN3O3. The van der Waals surface area contributed by atoms with E-state index >= 15 is 0 Å². The molecule has 1 aromatic heterocycles. The lowest BCUT2D eigenvalue weighted by Gasteiger charge is -2.09. The van der Waals surface area contributed by atoms with Gasteiger partial charge in [0.15, 0.2) is 0 Å². The predicted octanol–water partition coefficient (Wildman–Crippen LogP) is 2.78. The second-order valence-corrected chi connectivity index (χ2v) is 3.95. The van der Waals surface area contributed by atoms with E-state index < -0.39 is 10.7 Å². The third-order valence-corrected chi connectivity index (χ3v) is 2.70. The summed E-state index contributed by atoms with van der Waals surface area (Å²) in [5.74, 6) is -0.0998. The van der Waals surface area contributed by atoms with E-state index in [0.29, 0.717) is 12.4 Å². The van der Waals surface area contributed by atoms with E-state index in [0.717, 1.165) is 6.20 Å². The second-order valence-electron chi connectivity index (χ2n) is 3.95. The van der Waals surface area contributed by atoms with E-state index in [-0.39, 0.29) is 22.5 Å². The number of aromatic nitrogens is 1. The Labute approximate surface area is 114 Å². The van der Waals surface area contributed by atoms with Crippen LogP contribution in [0, 0.1) is 15.9 Å². The van der Waals surface area contributed by atoms with E-state index in [1.54, 1.807) is 6.92 Å². The number of nitro groups is 1. The molecule has 0 saturated carbocycles. The largest absolute Gasteiger partial charge is 0.494 e. The van der Waals surface area contributed by atoms with Crippen molar-refractivity contribution in [2.75, 3.05) is 12.3 Å². The Morgan fingerprint density at radius 1 is 1.40 bits per heavy atom. The molecule has 0 unspecified atom stereocenters. The van der Waals surface area contributed by atoms with Crippen molar-refractivity contribution in [3.8, 4) is 16.9 Å². The fraction of sp³-hybridized carbons (Fsp3) is 0.154. The van der Waals surface area contributed by atoms with Crippen LogP contribution in [0.1, 0.15) is 6.92 Å². The molecule has 20 heavy (non-hydrogen) atoms.